The molecule has 26 rings (SSSR count). The van der Waals surface area contributed by atoms with Crippen LogP contribution in [0.1, 0.15) is 25.5 Å². The van der Waals surface area contributed by atoms with Gasteiger partial charge in [0.05, 0.1) is 44.1 Å². The van der Waals surface area contributed by atoms with Gasteiger partial charge in [-0.3, -0.25) is 0 Å². The van der Waals surface area contributed by atoms with E-state index in [2.05, 4.69) is 114 Å². The Morgan fingerprint density at radius 1 is 0.221 bits per heavy atom. The summed E-state index contributed by atoms with van der Waals surface area (Å²) in [6.45, 7) is 4.03. The fourth-order valence-corrected chi connectivity index (χ4v) is 15.8. The summed E-state index contributed by atoms with van der Waals surface area (Å²) in [6.07, 6.45) is 11.3. The van der Waals surface area contributed by atoms with Crippen molar-refractivity contribution in [1.82, 2.24) is 150 Å². The zero-order valence-electron chi connectivity index (χ0n) is 71.6. The first-order valence-corrected chi connectivity index (χ1v) is 42.6. The van der Waals surface area contributed by atoms with E-state index in [9.17, 15) is 0 Å². The third kappa shape index (κ3) is 18.8. The van der Waals surface area contributed by atoms with Crippen molar-refractivity contribution in [2.24, 2.45) is 0 Å². The van der Waals surface area contributed by atoms with Crippen molar-refractivity contribution in [3.63, 3.8) is 0 Å². The Balaban J connectivity index is 0.000000111. The number of imidazole rings is 2. The van der Waals surface area contributed by atoms with Crippen LogP contribution in [0.25, 0.3) is 248 Å². The minimum Gasteiger partial charge on any atom is -0.442 e. The van der Waals surface area contributed by atoms with E-state index < -0.39 is 0 Å². The number of nitrogens with one attached hydrogen (secondary N) is 4. The quantitative estimate of drug-likeness (QED) is 0.125. The predicted molar refractivity (Wildman–Crippen MR) is 520 cm³/mol. The van der Waals surface area contributed by atoms with E-state index in [1.54, 1.807) is 36.7 Å². The van der Waals surface area contributed by atoms with Gasteiger partial charge in [-0.2, -0.15) is 0 Å². The maximum atomic E-state index is 5.03. The van der Waals surface area contributed by atoms with Gasteiger partial charge >= 0.3 is 42.1 Å². The summed E-state index contributed by atoms with van der Waals surface area (Å²) in [5, 5.41) is 20.0. The van der Waals surface area contributed by atoms with Gasteiger partial charge in [-0.1, -0.05) is 206 Å². The molecule has 4 aliphatic rings. The van der Waals surface area contributed by atoms with Crippen LogP contribution in [0.5, 0.6) is 0 Å². The smallest absolute Gasteiger partial charge is 0.442 e. The largest absolute Gasteiger partial charge is 2.00 e. The minimum absolute atomic E-state index is 0. The molecule has 4 N–H and O–H groups in total. The minimum atomic E-state index is 0. The van der Waals surface area contributed by atoms with Crippen molar-refractivity contribution in [2.75, 3.05) is 0 Å². The number of fused-ring (bicyclic) bond motifs is 44. The molecule has 0 saturated heterocycles. The second-order valence-electron chi connectivity index (χ2n) is 31.4. The predicted octanol–water partition coefficient (Wildman–Crippen LogP) is 18.2. The third-order valence-corrected chi connectivity index (χ3v) is 21.7. The first kappa shape index (κ1) is 84.9. The monoisotopic (exact) mass is 2120 g/mol. The molecule has 0 unspecified atom stereocenters. The second-order valence-corrected chi connectivity index (χ2v) is 31.4. The van der Waals surface area contributed by atoms with E-state index in [0.717, 1.165) is 132 Å². The number of allylic oxidation sites excluding steroid dienone is 2. The molecule has 32 heteroatoms. The molecule has 0 aliphatic carbocycles. The average Bonchev–Trinajstić information content (AvgIpc) is 1.63. The van der Waals surface area contributed by atoms with E-state index in [-0.39, 0.29) is 42.1 Å². The number of benzene rings is 6. The second kappa shape index (κ2) is 37.2. The van der Waals surface area contributed by atoms with Crippen molar-refractivity contribution < 1.29 is 42.1 Å². The molecule has 4 aliphatic heterocycles. The van der Waals surface area contributed by atoms with Gasteiger partial charge in [0.25, 0.3) is 0 Å². The summed E-state index contributed by atoms with van der Waals surface area (Å²) in [7, 11) is 0. The normalized spacial score (nSPS) is 11.7. The average molecular weight is 2130 g/mol. The topological polar surface area (TPSA) is 403 Å². The number of pyridine rings is 6. The van der Waals surface area contributed by atoms with Crippen LogP contribution in [-0.2, 0) is 42.1 Å². The Bertz CT molecular complexity index is 8320. The van der Waals surface area contributed by atoms with Crippen LogP contribution in [0, 0.1) is 0 Å². The molecule has 20 heterocycles. The molecule has 0 amide bonds. The molecule has 0 atom stereocenters. The van der Waals surface area contributed by atoms with Gasteiger partial charge in [0, 0.05) is 66.4 Å². The molecule has 30 nitrogen and oxygen atoms in total. The molecule has 0 spiro atoms. The van der Waals surface area contributed by atoms with E-state index >= 15 is 0 Å². The molecule has 0 fully saturated rings. The summed E-state index contributed by atoms with van der Waals surface area (Å²) in [6, 6.07) is 97.8. The van der Waals surface area contributed by atoms with Gasteiger partial charge in [-0.05, 0) is 204 Å². The van der Waals surface area contributed by atoms with Gasteiger partial charge in [0.2, 0.25) is 0 Å². The van der Waals surface area contributed by atoms with Gasteiger partial charge in [-0.25, -0.2) is 79.7 Å². The Kier molecular flexibility index (Phi) is 23.2. The van der Waals surface area contributed by atoms with Crippen LogP contribution in [0.3, 0.4) is 0 Å². The number of nitrogens with zero attached hydrogens (tertiary/aromatic N) is 26. The van der Waals surface area contributed by atoms with E-state index in [4.69, 9.17) is 59.8 Å². The van der Waals surface area contributed by atoms with Crippen molar-refractivity contribution in [3.05, 3.63) is 349 Å². The fourth-order valence-electron chi connectivity index (χ4n) is 15.8. The van der Waals surface area contributed by atoms with Crippen molar-refractivity contribution >= 4 is 180 Å². The van der Waals surface area contributed by atoms with Crippen LogP contribution in [0.15, 0.2) is 327 Å². The van der Waals surface area contributed by atoms with Gasteiger partial charge in [-0.15, -0.1) is 0 Å². The van der Waals surface area contributed by atoms with Crippen molar-refractivity contribution in [1.29, 1.82) is 0 Å². The zero-order valence-corrected chi connectivity index (χ0v) is 76.1. The zero-order chi connectivity index (χ0) is 89.4. The molecule has 652 valence electrons. The maximum Gasteiger partial charge on any atom is 2.00 e. The van der Waals surface area contributed by atoms with Gasteiger partial charge in [0.1, 0.15) is 45.2 Å². The van der Waals surface area contributed by atoms with E-state index in [1.807, 2.05) is 293 Å². The molecule has 22 aromatic rings. The Morgan fingerprint density at radius 3 is 0.831 bits per heavy atom. The summed E-state index contributed by atoms with van der Waals surface area (Å²) in [5.41, 5.74) is 26.6. The standard InChI is InChI=1S/C38H24N8.C28H20N8.C20H12N6.C18H10N8.2Pt/c1-3-11-23(12-4-1)25-19-31-39-32(20-25)42-36-28-16-8-10-18-30(28)38(46-36)44-34-22-26(24-13-5-2-6-14-24)21-33(40-34)43-37-29-17-9-7-15-27(29)35(41-31)45-37;1-15-11-21-29-22(12-15)32-26-18-8-4-6-10-20(18)28(36-26)34-24-14-16(2)13-23(30-24)33-27-19-9-5-3-7-17(19)25(31-21)35-27;1-3-13-7-17-11-22-20(25-17)10-16-6-2-4-14(24-16)8-18-12-21-19(26-18)9-15(5-1)23-13;1-3-11-7-15-21-17(25-23-15)9-13-5-2-6-14(20-13)10-18-22-16(24-26-18)8-12(4-1)19-11;;/h1-22H,(H2,39,40,41,42,43,44,45,46);3-14H,1-2H3,(H2,29,30,31,32,33,34,35,36);1-12H;1-10H;;/q;;2*-2;2*+2. The SMILES string of the molecule is CC1=Cc2nc3nc(nc4[nH]c(nc5nc(nc([nH]2)=C1)-c1ccccc1-5)C=C(C)C=4)-c1ccccc1-3.[Pt+2].[Pt+2].c1cc2cc3cnc(cc4cccc(cc5cnc(cc(c1)n2)[n-]5)n4)[n-]3.c1cc2cc3nnc(cc4cccc(cc5nnc(cc(c1)n2)[n-]5)n4)[n-]3.c1ccc(-c2cc3nc(c2)nc2[nH]c(nc4cc(-c5ccccc5)cc(n4)nc4[nH]c(n3)c3ccccc43)c3ccccc23)cc1. The Morgan fingerprint density at radius 2 is 0.507 bits per heavy atom. The molecular weight excluding hydrogens is 2060 g/mol. The molecule has 0 saturated carbocycles. The molecule has 0 radical (unpaired) electrons. The number of rotatable bonds is 2. The number of aromatic nitrogens is 30. The molecular formula is C104H66N30Pt2. The van der Waals surface area contributed by atoms with Gasteiger partial charge in [0.15, 0.2) is 45.9 Å². The van der Waals surface area contributed by atoms with Crippen LogP contribution in [-0.4, -0.2) is 130 Å². The number of hydrogen-bond donors (Lipinski definition) is 4. The number of aromatic amines is 4. The molecule has 32 bridgehead atoms. The maximum absolute atomic E-state index is 5.03. The summed E-state index contributed by atoms with van der Waals surface area (Å²) in [4.78, 5) is 117. The third-order valence-electron chi connectivity index (χ3n) is 21.7. The van der Waals surface area contributed by atoms with Gasteiger partial charge < -0.3 is 70.2 Å². The first-order valence-electron chi connectivity index (χ1n) is 42.6. The first-order chi connectivity index (χ1) is 65.9. The van der Waals surface area contributed by atoms with Crippen LogP contribution in [0.2, 0.25) is 0 Å². The molecule has 136 heavy (non-hydrogen) atoms. The van der Waals surface area contributed by atoms with Crippen molar-refractivity contribution in [3.8, 4) is 67.8 Å². The van der Waals surface area contributed by atoms with E-state index in [1.165, 1.54) is 0 Å². The summed E-state index contributed by atoms with van der Waals surface area (Å²) < 4.78 is 0. The van der Waals surface area contributed by atoms with Crippen LogP contribution >= 0.6 is 0 Å². The Hall–Kier alpha value is -17.9. The fraction of sp³-hybridized carbons (Fsp3) is 0.0192. The van der Waals surface area contributed by atoms with Crippen molar-refractivity contribution in [2.45, 2.75) is 13.8 Å². The van der Waals surface area contributed by atoms with Crippen LogP contribution < -0.4 is 30.9 Å². The molecule has 6 aromatic carbocycles. The van der Waals surface area contributed by atoms with E-state index in [0.29, 0.717) is 125 Å². The summed E-state index contributed by atoms with van der Waals surface area (Å²) >= 11 is 0. The summed E-state index contributed by atoms with van der Waals surface area (Å²) in [5.74, 6) is 3.70. The van der Waals surface area contributed by atoms with Crippen LogP contribution in [0.4, 0.5) is 0 Å². The molecule has 16 aromatic heterocycles. The number of H-pyrrole nitrogens is 4. The number of hydrogen-bond acceptors (Lipinski definition) is 22. The Labute approximate surface area is 797 Å².